The van der Waals surface area contributed by atoms with Crippen LogP contribution < -0.4 is 0 Å². The van der Waals surface area contributed by atoms with Gasteiger partial charge in [0.15, 0.2) is 0 Å². The summed E-state index contributed by atoms with van der Waals surface area (Å²) in [4.78, 5) is 2.52. The molecule has 3 rings (SSSR count). The number of piperidine rings is 3. The maximum atomic E-state index is 10.2. The third-order valence-corrected chi connectivity index (χ3v) is 4.27. The van der Waals surface area contributed by atoms with E-state index in [-0.39, 0.29) is 6.10 Å². The van der Waals surface area contributed by atoms with E-state index in [4.69, 9.17) is 0 Å². The molecule has 2 heteroatoms. The van der Waals surface area contributed by atoms with Crippen molar-refractivity contribution in [3.8, 4) is 0 Å². The highest BCUT2D eigenvalue weighted by atomic mass is 16.3. The van der Waals surface area contributed by atoms with Crippen LogP contribution in [0, 0.1) is 5.92 Å². The third kappa shape index (κ3) is 2.54. The second kappa shape index (κ2) is 5.31. The number of unbranched alkanes of at least 4 members (excludes halogenated alkanes) is 3. The molecular weight excluding hydrogens is 186 g/mol. The fourth-order valence-electron chi connectivity index (χ4n) is 3.26. The summed E-state index contributed by atoms with van der Waals surface area (Å²) in [6, 6.07) is 0.495. The maximum Gasteiger partial charge on any atom is 0.0724 e. The summed E-state index contributed by atoms with van der Waals surface area (Å²) in [5.74, 6) is 0.617. The first-order chi connectivity index (χ1) is 7.33. The Bertz CT molecular complexity index is 185. The summed E-state index contributed by atoms with van der Waals surface area (Å²) in [6.45, 7) is 4.72. The van der Waals surface area contributed by atoms with Crippen LogP contribution in [0.4, 0.5) is 0 Å². The van der Waals surface area contributed by atoms with Gasteiger partial charge in [-0.05, 0) is 38.3 Å². The first-order valence-electron chi connectivity index (χ1n) is 6.75. The molecule has 88 valence electrons. The molecule has 3 saturated heterocycles. The number of fused-ring (bicyclic) bond motifs is 3. The van der Waals surface area contributed by atoms with Crippen molar-refractivity contribution >= 4 is 0 Å². The van der Waals surface area contributed by atoms with Crippen molar-refractivity contribution in [3.63, 3.8) is 0 Å². The molecule has 1 N–H and O–H groups in total. The normalized spacial score (nSPS) is 39.6. The highest BCUT2D eigenvalue weighted by molar-refractivity contribution is 4.94. The number of rotatable bonds is 5. The molecule has 0 spiro atoms. The molecule has 0 aliphatic carbocycles. The van der Waals surface area contributed by atoms with Crippen molar-refractivity contribution in [2.45, 2.75) is 64.0 Å². The Labute approximate surface area is 93.7 Å². The van der Waals surface area contributed by atoms with Gasteiger partial charge in [0.2, 0.25) is 0 Å². The van der Waals surface area contributed by atoms with Gasteiger partial charge in [-0.15, -0.1) is 0 Å². The molecule has 2 nitrogen and oxygen atoms in total. The third-order valence-electron chi connectivity index (χ3n) is 4.27. The van der Waals surface area contributed by atoms with Crippen LogP contribution in [0.15, 0.2) is 0 Å². The molecule has 2 bridgehead atoms. The average Bonchev–Trinajstić information content (AvgIpc) is 2.28. The Hall–Kier alpha value is -0.0800. The lowest BCUT2D eigenvalue weighted by Crippen LogP contribution is -2.57. The predicted octanol–water partition coefficient (Wildman–Crippen LogP) is 2.41. The number of aliphatic hydroxyl groups excluding tert-OH is 1. The van der Waals surface area contributed by atoms with Crippen LogP contribution in [0.2, 0.25) is 0 Å². The van der Waals surface area contributed by atoms with E-state index in [0.29, 0.717) is 12.0 Å². The van der Waals surface area contributed by atoms with E-state index in [1.54, 1.807) is 0 Å². The van der Waals surface area contributed by atoms with Crippen molar-refractivity contribution < 1.29 is 5.11 Å². The minimum absolute atomic E-state index is 0.0193. The van der Waals surface area contributed by atoms with Crippen LogP contribution in [0.1, 0.15) is 51.9 Å². The van der Waals surface area contributed by atoms with Crippen LogP contribution in [0.5, 0.6) is 0 Å². The highest BCUT2D eigenvalue weighted by Crippen LogP contribution is 2.34. The van der Waals surface area contributed by atoms with Gasteiger partial charge in [-0.3, -0.25) is 4.90 Å². The molecule has 3 fully saturated rings. The lowest BCUT2D eigenvalue weighted by molar-refractivity contribution is -0.0752. The molecule has 15 heavy (non-hydrogen) atoms. The van der Waals surface area contributed by atoms with Gasteiger partial charge in [-0.2, -0.15) is 0 Å². The Kier molecular flexibility index (Phi) is 4.04. The van der Waals surface area contributed by atoms with E-state index in [9.17, 15) is 5.11 Å². The summed E-state index contributed by atoms with van der Waals surface area (Å²) >= 11 is 0. The van der Waals surface area contributed by atoms with Gasteiger partial charge in [0.25, 0.3) is 0 Å². The summed E-state index contributed by atoms with van der Waals surface area (Å²) in [6.07, 6.45) is 8.97. The van der Waals surface area contributed by atoms with Gasteiger partial charge in [0.05, 0.1) is 6.10 Å². The zero-order valence-corrected chi connectivity index (χ0v) is 9.99. The Balaban J connectivity index is 1.76. The number of hydrogen-bond acceptors (Lipinski definition) is 2. The van der Waals surface area contributed by atoms with Crippen LogP contribution in [-0.2, 0) is 0 Å². The monoisotopic (exact) mass is 211 g/mol. The summed E-state index contributed by atoms with van der Waals surface area (Å²) < 4.78 is 0. The summed E-state index contributed by atoms with van der Waals surface area (Å²) in [5.41, 5.74) is 0. The molecular formula is C13H25NO. The second-order valence-electron chi connectivity index (χ2n) is 5.28. The van der Waals surface area contributed by atoms with Gasteiger partial charge in [-0.25, -0.2) is 0 Å². The first kappa shape index (κ1) is 11.4. The smallest absolute Gasteiger partial charge is 0.0724 e. The molecule has 0 radical (unpaired) electrons. The van der Waals surface area contributed by atoms with Crippen molar-refractivity contribution in [1.29, 1.82) is 0 Å². The average molecular weight is 211 g/mol. The van der Waals surface area contributed by atoms with E-state index < -0.39 is 0 Å². The van der Waals surface area contributed by atoms with Crippen molar-refractivity contribution in [2.75, 3.05) is 13.1 Å². The molecule has 3 aliphatic rings. The van der Waals surface area contributed by atoms with Crippen LogP contribution in [0.25, 0.3) is 0 Å². The topological polar surface area (TPSA) is 23.5 Å². The molecule has 0 amide bonds. The van der Waals surface area contributed by atoms with Crippen molar-refractivity contribution in [3.05, 3.63) is 0 Å². The predicted molar refractivity (Wildman–Crippen MR) is 62.9 cm³/mol. The van der Waals surface area contributed by atoms with Crippen molar-refractivity contribution in [1.82, 2.24) is 4.90 Å². The molecule has 0 aromatic rings. The summed E-state index contributed by atoms with van der Waals surface area (Å²) in [7, 11) is 0. The zero-order valence-electron chi connectivity index (χ0n) is 9.99. The zero-order chi connectivity index (χ0) is 10.7. The van der Waals surface area contributed by atoms with Crippen LogP contribution in [0.3, 0.4) is 0 Å². The molecule has 3 heterocycles. The quantitative estimate of drug-likeness (QED) is 0.706. The lowest BCUT2D eigenvalue weighted by Gasteiger charge is -2.49. The van der Waals surface area contributed by atoms with E-state index in [1.807, 2.05) is 0 Å². The fraction of sp³-hybridized carbons (Fsp3) is 1.00. The van der Waals surface area contributed by atoms with E-state index in [2.05, 4.69) is 11.8 Å². The minimum atomic E-state index is -0.0193. The second-order valence-corrected chi connectivity index (χ2v) is 5.28. The molecule has 0 saturated carbocycles. The SMILES string of the molecule is CCCCCC[C@@H]1[C@@H](O)C2CCN1CC2. The molecule has 3 aliphatic heterocycles. The number of nitrogens with zero attached hydrogens (tertiary/aromatic N) is 1. The van der Waals surface area contributed by atoms with Gasteiger partial charge in [0.1, 0.15) is 0 Å². The Morgan fingerprint density at radius 3 is 2.47 bits per heavy atom. The van der Waals surface area contributed by atoms with E-state index >= 15 is 0 Å². The highest BCUT2D eigenvalue weighted by Gasteiger charge is 2.40. The molecule has 0 aromatic carbocycles. The standard InChI is InChI=1S/C13H25NO/c1-2-3-4-5-6-12-13(15)11-7-9-14(12)10-8-11/h11-13,15H,2-10H2,1H3/t12-,13+/m1/s1. The fourth-order valence-corrected chi connectivity index (χ4v) is 3.26. The number of aliphatic hydroxyl groups is 1. The van der Waals surface area contributed by atoms with E-state index in [1.165, 1.54) is 58.0 Å². The van der Waals surface area contributed by atoms with Crippen molar-refractivity contribution in [2.24, 2.45) is 5.92 Å². The minimum Gasteiger partial charge on any atom is -0.391 e. The Morgan fingerprint density at radius 2 is 1.87 bits per heavy atom. The molecule has 0 unspecified atom stereocenters. The van der Waals surface area contributed by atoms with Gasteiger partial charge < -0.3 is 5.11 Å². The summed E-state index contributed by atoms with van der Waals surface area (Å²) in [5, 5.41) is 10.2. The largest absolute Gasteiger partial charge is 0.391 e. The van der Waals surface area contributed by atoms with E-state index in [0.717, 1.165) is 0 Å². The van der Waals surface area contributed by atoms with Gasteiger partial charge in [0, 0.05) is 6.04 Å². The Morgan fingerprint density at radius 1 is 1.13 bits per heavy atom. The van der Waals surface area contributed by atoms with Gasteiger partial charge >= 0.3 is 0 Å². The molecule has 2 atom stereocenters. The first-order valence-corrected chi connectivity index (χ1v) is 6.75. The van der Waals surface area contributed by atoms with Gasteiger partial charge in [-0.1, -0.05) is 32.6 Å². The maximum absolute atomic E-state index is 10.2. The molecule has 0 aromatic heterocycles. The number of hydrogen-bond donors (Lipinski definition) is 1. The lowest BCUT2D eigenvalue weighted by atomic mass is 9.79. The van der Waals surface area contributed by atoms with Crippen LogP contribution >= 0.6 is 0 Å². The van der Waals surface area contributed by atoms with Crippen LogP contribution in [-0.4, -0.2) is 35.2 Å².